The van der Waals surface area contributed by atoms with Gasteiger partial charge in [0.2, 0.25) is 0 Å². The lowest BCUT2D eigenvalue weighted by Crippen LogP contribution is -2.11. The second-order valence-electron chi connectivity index (χ2n) is 5.72. The molecule has 0 atom stereocenters. The van der Waals surface area contributed by atoms with E-state index in [0.717, 1.165) is 18.2 Å². The third-order valence-corrected chi connectivity index (χ3v) is 4.60. The van der Waals surface area contributed by atoms with Gasteiger partial charge >= 0.3 is 25.7 Å². The third kappa shape index (κ3) is 7.19. The van der Waals surface area contributed by atoms with Crippen LogP contribution in [0.1, 0.15) is 17.3 Å². The molecule has 0 saturated carbocycles. The quantitative estimate of drug-likeness (QED) is 0.329. The van der Waals surface area contributed by atoms with Gasteiger partial charge in [0.25, 0.3) is 0 Å². The molecule has 164 valence electrons. The summed E-state index contributed by atoms with van der Waals surface area (Å²) >= 11 is 0. The zero-order valence-electron chi connectivity index (χ0n) is 16.2. The van der Waals surface area contributed by atoms with Gasteiger partial charge in [0.05, 0.1) is 18.8 Å². The van der Waals surface area contributed by atoms with Crippen LogP contribution in [0.2, 0.25) is 0 Å². The van der Waals surface area contributed by atoms with Crippen LogP contribution in [0.4, 0.5) is 0 Å². The molecule has 0 radical (unpaired) electrons. The number of phosphoric ester groups is 1. The van der Waals surface area contributed by atoms with E-state index in [1.54, 1.807) is 36.4 Å². The first-order valence-corrected chi connectivity index (χ1v) is 10.3. The molecule has 0 aliphatic rings. The van der Waals surface area contributed by atoms with Crippen LogP contribution in [0.3, 0.4) is 0 Å². The molecule has 3 heterocycles. The van der Waals surface area contributed by atoms with E-state index in [1.165, 1.54) is 37.0 Å². The Labute approximate surface area is 181 Å². The first kappa shape index (κ1) is 22.4. The molecule has 11 heteroatoms. The zero-order chi connectivity index (χ0) is 22.8. The monoisotopic (exact) mass is 458 g/mol. The molecule has 3 aromatic rings. The van der Waals surface area contributed by atoms with Gasteiger partial charge in [0.1, 0.15) is 17.3 Å². The average molecular weight is 458 g/mol. The summed E-state index contributed by atoms with van der Waals surface area (Å²) in [6.07, 6.45) is 10.3. The van der Waals surface area contributed by atoms with Gasteiger partial charge in [0.15, 0.2) is 0 Å². The molecule has 0 N–H and O–H groups in total. The fourth-order valence-corrected chi connectivity index (χ4v) is 3.04. The molecule has 0 amide bonds. The molecule has 32 heavy (non-hydrogen) atoms. The van der Waals surface area contributed by atoms with Crippen molar-refractivity contribution < 1.29 is 45.8 Å². The topological polar surface area (TPSA) is 135 Å². The molecule has 3 rings (SSSR count). The smallest absolute Gasteiger partial charge is 0.465 e. The van der Waals surface area contributed by atoms with Crippen molar-refractivity contribution in [2.45, 2.75) is 0 Å². The fourth-order valence-electron chi connectivity index (χ4n) is 2.09. The van der Waals surface area contributed by atoms with Crippen molar-refractivity contribution in [3.05, 3.63) is 90.7 Å². The molecule has 3 aromatic heterocycles. The third-order valence-electron chi connectivity index (χ3n) is 3.39. The average Bonchev–Trinajstić information content (AvgIpc) is 3.52. The predicted octanol–water partition coefficient (Wildman–Crippen LogP) is 4.64. The maximum atomic E-state index is 12.8. The number of hydrogen-bond donors (Lipinski definition) is 0. The van der Waals surface area contributed by atoms with Crippen LogP contribution in [-0.2, 0) is 32.5 Å². The molecular formula is C21H15O10P. The van der Waals surface area contributed by atoms with Crippen LogP contribution in [0.5, 0.6) is 0 Å². The molecule has 0 bridgehead atoms. The van der Waals surface area contributed by atoms with E-state index < -0.39 is 25.7 Å². The molecule has 0 fully saturated rings. The van der Waals surface area contributed by atoms with Gasteiger partial charge in [-0.3, -0.25) is 0 Å². The lowest BCUT2D eigenvalue weighted by molar-refractivity contribution is -0.138. The summed E-state index contributed by atoms with van der Waals surface area (Å²) in [7, 11) is -5.00. The van der Waals surface area contributed by atoms with E-state index in [1.807, 2.05) is 0 Å². The predicted molar refractivity (Wildman–Crippen MR) is 109 cm³/mol. The Bertz CT molecular complexity index is 1020. The summed E-state index contributed by atoms with van der Waals surface area (Å²) in [4.78, 5) is 36.1. The van der Waals surface area contributed by atoms with Crippen molar-refractivity contribution in [1.82, 2.24) is 0 Å². The minimum absolute atomic E-state index is 0.300. The van der Waals surface area contributed by atoms with Gasteiger partial charge in [-0.05, 0) is 54.6 Å². The lowest BCUT2D eigenvalue weighted by atomic mass is 10.4. The van der Waals surface area contributed by atoms with Gasteiger partial charge in [-0.15, -0.1) is 0 Å². The number of rotatable bonds is 9. The minimum atomic E-state index is -5.00. The fraction of sp³-hybridized carbons (Fsp3) is 0. The highest BCUT2D eigenvalue weighted by Gasteiger charge is 2.38. The highest BCUT2D eigenvalue weighted by Crippen LogP contribution is 2.50. The van der Waals surface area contributed by atoms with Crippen molar-refractivity contribution in [2.75, 3.05) is 0 Å². The highest BCUT2D eigenvalue weighted by molar-refractivity contribution is 7.50. The molecule has 0 aromatic carbocycles. The standard InChI is InChI=1S/C21H15O10P/c22-19(10-7-16-4-1-13-26-16)29-32(25,30-20(23)11-8-17-5-2-14-27-17)31-21(24)12-9-18-6-3-15-28-18/h1-15H/b10-7+,11-8+,12-9+. The molecular weight excluding hydrogens is 443 g/mol. The van der Waals surface area contributed by atoms with Gasteiger partial charge in [-0.2, -0.15) is 4.57 Å². The van der Waals surface area contributed by atoms with Crippen molar-refractivity contribution in [3.63, 3.8) is 0 Å². The minimum Gasteiger partial charge on any atom is -0.465 e. The lowest BCUT2D eigenvalue weighted by Gasteiger charge is -2.13. The van der Waals surface area contributed by atoms with Crippen LogP contribution in [0.25, 0.3) is 18.2 Å². The van der Waals surface area contributed by atoms with Gasteiger partial charge < -0.3 is 26.8 Å². The Balaban J connectivity index is 1.70. The van der Waals surface area contributed by atoms with E-state index in [2.05, 4.69) is 13.6 Å². The summed E-state index contributed by atoms with van der Waals surface area (Å²) in [6.45, 7) is 0. The molecule has 10 nitrogen and oxygen atoms in total. The molecule has 0 saturated heterocycles. The van der Waals surface area contributed by atoms with Crippen molar-refractivity contribution in [2.24, 2.45) is 0 Å². The maximum Gasteiger partial charge on any atom is 0.654 e. The molecule has 0 unspecified atom stereocenters. The van der Waals surface area contributed by atoms with Gasteiger partial charge in [-0.25, -0.2) is 14.4 Å². The number of carbonyl (C=O) groups is 3. The zero-order valence-corrected chi connectivity index (χ0v) is 17.1. The van der Waals surface area contributed by atoms with Gasteiger partial charge in [0, 0.05) is 18.2 Å². The van der Waals surface area contributed by atoms with Crippen LogP contribution in [0.15, 0.2) is 86.7 Å². The van der Waals surface area contributed by atoms with Crippen molar-refractivity contribution >= 4 is 44.0 Å². The SMILES string of the molecule is O=C(/C=C/c1ccco1)OP(=O)(OC(=O)/C=C/c1ccco1)OC(=O)/C=C/c1ccco1. The summed E-state index contributed by atoms with van der Waals surface area (Å²) in [5.74, 6) is -2.74. The van der Waals surface area contributed by atoms with E-state index in [0.29, 0.717) is 17.3 Å². The van der Waals surface area contributed by atoms with E-state index in [9.17, 15) is 18.9 Å². The maximum absolute atomic E-state index is 12.8. The Hall–Kier alpha value is -4.30. The number of carbonyl (C=O) groups excluding carboxylic acids is 3. The summed E-state index contributed by atoms with van der Waals surface area (Å²) in [5.41, 5.74) is 0. The molecule has 0 aliphatic heterocycles. The van der Waals surface area contributed by atoms with Crippen LogP contribution in [-0.4, -0.2) is 17.9 Å². The van der Waals surface area contributed by atoms with Gasteiger partial charge in [-0.1, -0.05) is 0 Å². The Morgan fingerprint density at radius 1 is 0.625 bits per heavy atom. The van der Waals surface area contributed by atoms with E-state index >= 15 is 0 Å². The Kier molecular flexibility index (Phi) is 7.45. The van der Waals surface area contributed by atoms with Crippen LogP contribution in [0, 0.1) is 0 Å². The highest BCUT2D eigenvalue weighted by atomic mass is 31.2. The number of phosphoric acid groups is 1. The first-order chi connectivity index (χ1) is 15.4. The molecule has 0 aliphatic carbocycles. The largest absolute Gasteiger partial charge is 0.654 e. The van der Waals surface area contributed by atoms with E-state index in [4.69, 9.17) is 13.3 Å². The van der Waals surface area contributed by atoms with Crippen LogP contribution >= 0.6 is 7.82 Å². The van der Waals surface area contributed by atoms with E-state index in [-0.39, 0.29) is 0 Å². The Morgan fingerprint density at radius 3 is 1.19 bits per heavy atom. The van der Waals surface area contributed by atoms with Crippen LogP contribution < -0.4 is 0 Å². The normalized spacial score (nSPS) is 11.9. The number of hydrogen-bond acceptors (Lipinski definition) is 10. The van der Waals surface area contributed by atoms with Crippen molar-refractivity contribution in [1.29, 1.82) is 0 Å². The van der Waals surface area contributed by atoms with Crippen molar-refractivity contribution in [3.8, 4) is 0 Å². The number of furan rings is 3. The first-order valence-electron chi connectivity index (χ1n) is 8.87. The summed E-state index contributed by atoms with van der Waals surface area (Å²) in [5, 5.41) is 0. The Morgan fingerprint density at radius 2 is 0.938 bits per heavy atom. The summed E-state index contributed by atoms with van der Waals surface area (Å²) < 4.78 is 41.8. The summed E-state index contributed by atoms with van der Waals surface area (Å²) in [6, 6.07) is 9.37. The molecule has 0 spiro atoms. The second-order valence-corrected chi connectivity index (χ2v) is 7.17. The second kappa shape index (κ2) is 10.6.